The number of aromatic nitrogens is 1. The highest BCUT2D eigenvalue weighted by Gasteiger charge is 2.34. The number of amides is 1. The van der Waals surface area contributed by atoms with Gasteiger partial charge in [0.05, 0.1) is 23.1 Å². The number of carbonyl (C=O) groups excluding carboxylic acids is 1. The Morgan fingerprint density at radius 3 is 2.53 bits per heavy atom. The first-order valence-corrected chi connectivity index (χ1v) is 10.3. The molecule has 0 radical (unpaired) electrons. The molecular weight excluding hydrogens is 421 g/mol. The van der Waals surface area contributed by atoms with Gasteiger partial charge in [0.1, 0.15) is 5.75 Å². The molecule has 168 valence electrons. The van der Waals surface area contributed by atoms with Gasteiger partial charge in [-0.15, -0.1) is 0 Å². The molecule has 1 heterocycles. The summed E-state index contributed by atoms with van der Waals surface area (Å²) in [5.41, 5.74) is 1.71. The minimum absolute atomic E-state index is 0.0210. The summed E-state index contributed by atoms with van der Waals surface area (Å²) in [6.45, 7) is 3.37. The number of alkyl halides is 3. The summed E-state index contributed by atoms with van der Waals surface area (Å²) in [6, 6.07) is 10.9. The Labute approximate surface area is 182 Å². The molecule has 3 aromatic rings. The number of ether oxygens (including phenoxy) is 1. The number of fused-ring (bicyclic) bond motifs is 1. The van der Waals surface area contributed by atoms with Gasteiger partial charge < -0.3 is 20.1 Å². The first-order chi connectivity index (χ1) is 15.2. The van der Waals surface area contributed by atoms with E-state index >= 15 is 0 Å². The number of halogens is 3. The summed E-state index contributed by atoms with van der Waals surface area (Å²) >= 11 is 0. The molecule has 0 saturated heterocycles. The number of anilines is 1. The first-order valence-electron chi connectivity index (χ1n) is 10.3. The van der Waals surface area contributed by atoms with E-state index in [2.05, 4.69) is 16.9 Å². The third kappa shape index (κ3) is 4.90. The maximum atomic E-state index is 12.7. The number of aliphatic hydroxyl groups is 1. The van der Waals surface area contributed by atoms with Crippen molar-refractivity contribution in [3.8, 4) is 5.75 Å². The van der Waals surface area contributed by atoms with Crippen LogP contribution in [0.4, 0.5) is 18.9 Å². The van der Waals surface area contributed by atoms with Crippen LogP contribution in [-0.4, -0.2) is 22.1 Å². The molecule has 2 aromatic carbocycles. The molecule has 1 fully saturated rings. The van der Waals surface area contributed by atoms with Crippen molar-refractivity contribution in [1.29, 1.82) is 0 Å². The molecule has 5 nitrogen and oxygen atoms in total. The summed E-state index contributed by atoms with van der Waals surface area (Å²) < 4.78 is 44.2. The van der Waals surface area contributed by atoms with Gasteiger partial charge in [-0.25, -0.2) is 0 Å². The third-order valence-electron chi connectivity index (χ3n) is 5.67. The van der Waals surface area contributed by atoms with Crippen LogP contribution in [0, 0.1) is 0 Å². The molecule has 1 aromatic heterocycles. The zero-order chi connectivity index (χ0) is 22.9. The molecule has 1 aliphatic carbocycles. The number of aromatic amines is 1. The molecule has 3 N–H and O–H groups in total. The minimum atomic E-state index is -4.33. The van der Waals surface area contributed by atoms with E-state index in [1.165, 1.54) is 12.1 Å². The van der Waals surface area contributed by atoms with Gasteiger partial charge in [0, 0.05) is 29.9 Å². The van der Waals surface area contributed by atoms with Crippen LogP contribution in [-0.2, 0) is 11.0 Å². The first kappa shape index (κ1) is 21.8. The van der Waals surface area contributed by atoms with Crippen LogP contribution in [0.15, 0.2) is 61.0 Å². The van der Waals surface area contributed by atoms with Crippen molar-refractivity contribution in [1.82, 2.24) is 4.98 Å². The molecule has 8 heteroatoms. The van der Waals surface area contributed by atoms with Crippen molar-refractivity contribution in [3.63, 3.8) is 0 Å². The number of hydrogen-bond acceptors (Lipinski definition) is 3. The van der Waals surface area contributed by atoms with E-state index in [4.69, 9.17) is 9.84 Å². The number of benzene rings is 2. The van der Waals surface area contributed by atoms with Crippen LogP contribution >= 0.6 is 0 Å². The van der Waals surface area contributed by atoms with E-state index in [-0.39, 0.29) is 36.5 Å². The Morgan fingerprint density at radius 2 is 1.88 bits per heavy atom. The third-order valence-corrected chi connectivity index (χ3v) is 5.67. The topological polar surface area (TPSA) is 74.4 Å². The smallest absolute Gasteiger partial charge is 0.416 e. The van der Waals surface area contributed by atoms with E-state index in [9.17, 15) is 18.0 Å². The summed E-state index contributed by atoms with van der Waals surface area (Å²) in [5, 5.41) is 12.8. The number of carbonyl (C=O) groups is 1. The Bertz CT molecular complexity index is 1130. The molecule has 1 amide bonds. The largest absolute Gasteiger partial charge is 0.513 e. The van der Waals surface area contributed by atoms with Crippen molar-refractivity contribution in [2.24, 2.45) is 0 Å². The fourth-order valence-corrected chi connectivity index (χ4v) is 3.82. The summed E-state index contributed by atoms with van der Waals surface area (Å²) in [4.78, 5) is 15.1. The lowest BCUT2D eigenvalue weighted by atomic mass is 9.77. The van der Waals surface area contributed by atoms with Crippen molar-refractivity contribution >= 4 is 22.5 Å². The molecule has 0 unspecified atom stereocenters. The van der Waals surface area contributed by atoms with Crippen molar-refractivity contribution < 1.29 is 27.8 Å². The van der Waals surface area contributed by atoms with Crippen LogP contribution < -0.4 is 10.1 Å². The number of H-pyrrole nitrogens is 1. The Kier molecular flexibility index (Phi) is 5.86. The summed E-state index contributed by atoms with van der Waals surface area (Å²) in [7, 11) is 0. The van der Waals surface area contributed by atoms with Crippen LogP contribution in [0.2, 0.25) is 0 Å². The lowest BCUT2D eigenvalue weighted by Crippen LogP contribution is -2.32. The average Bonchev–Trinajstić information content (AvgIpc) is 3.10. The van der Waals surface area contributed by atoms with E-state index in [0.29, 0.717) is 11.4 Å². The average molecular weight is 444 g/mol. The van der Waals surface area contributed by atoms with Gasteiger partial charge in [-0.2, -0.15) is 13.2 Å². The van der Waals surface area contributed by atoms with Crippen LogP contribution in [0.25, 0.3) is 10.9 Å². The quantitative estimate of drug-likeness (QED) is 0.374. The van der Waals surface area contributed by atoms with E-state index < -0.39 is 11.7 Å². The predicted molar refractivity (Wildman–Crippen MR) is 116 cm³/mol. The van der Waals surface area contributed by atoms with E-state index in [1.54, 1.807) is 6.20 Å². The van der Waals surface area contributed by atoms with Crippen molar-refractivity contribution in [2.75, 3.05) is 5.32 Å². The van der Waals surface area contributed by atoms with Gasteiger partial charge >= 0.3 is 6.18 Å². The van der Waals surface area contributed by atoms with Gasteiger partial charge in [-0.05, 0) is 54.7 Å². The molecule has 0 bridgehead atoms. The number of hydrogen-bond donors (Lipinski definition) is 3. The van der Waals surface area contributed by atoms with Crippen LogP contribution in [0.3, 0.4) is 0 Å². The standard InChI is InChI=1S/C24H23F3N2O3/c1-14(30)2-9-23(31)29-22-13-28-21-8-7-18(12-20(21)22)32-19-10-16(11-19)15-3-5-17(6-4-15)24(25,26)27/h3-8,12-13,16,19,28,30H,1-2,9-11H2,(H,29,31)/t16-,19+. The van der Waals surface area contributed by atoms with Gasteiger partial charge in [-0.3, -0.25) is 4.79 Å². The fraction of sp³-hybridized carbons (Fsp3) is 0.292. The van der Waals surface area contributed by atoms with Crippen LogP contribution in [0.1, 0.15) is 42.7 Å². The molecule has 1 saturated carbocycles. The van der Waals surface area contributed by atoms with E-state index in [0.717, 1.165) is 41.4 Å². The fourth-order valence-electron chi connectivity index (χ4n) is 3.82. The molecule has 0 aliphatic heterocycles. The Hall–Kier alpha value is -3.42. The van der Waals surface area contributed by atoms with Crippen molar-refractivity contribution in [2.45, 2.75) is 43.9 Å². The summed E-state index contributed by atoms with van der Waals surface area (Å²) in [6.07, 6.45) is -0.865. The van der Waals surface area contributed by atoms with Crippen molar-refractivity contribution in [3.05, 3.63) is 72.1 Å². The molecule has 0 spiro atoms. The molecule has 1 aliphatic rings. The lowest BCUT2D eigenvalue weighted by Gasteiger charge is -2.35. The van der Waals surface area contributed by atoms with Crippen LogP contribution in [0.5, 0.6) is 5.75 Å². The highest BCUT2D eigenvalue weighted by Crippen LogP contribution is 2.41. The zero-order valence-electron chi connectivity index (χ0n) is 17.2. The molecule has 4 rings (SSSR count). The molecule has 0 atom stereocenters. The maximum absolute atomic E-state index is 12.7. The second kappa shape index (κ2) is 8.61. The van der Waals surface area contributed by atoms with Gasteiger partial charge in [-0.1, -0.05) is 18.7 Å². The minimum Gasteiger partial charge on any atom is -0.513 e. The SMILES string of the molecule is C=C(O)CCC(=O)Nc1c[nH]c2ccc(O[C@H]3C[C@@H](c4ccc(C(F)(F)F)cc4)C3)cc12. The van der Waals surface area contributed by atoms with Gasteiger partial charge in [0.2, 0.25) is 5.91 Å². The summed E-state index contributed by atoms with van der Waals surface area (Å²) in [5.74, 6) is 0.567. The molecule has 32 heavy (non-hydrogen) atoms. The van der Waals surface area contributed by atoms with Gasteiger partial charge in [0.15, 0.2) is 0 Å². The zero-order valence-corrected chi connectivity index (χ0v) is 17.2. The Morgan fingerprint density at radius 1 is 1.16 bits per heavy atom. The number of rotatable bonds is 7. The normalized spacial score (nSPS) is 18.2. The van der Waals surface area contributed by atoms with Gasteiger partial charge in [0.25, 0.3) is 0 Å². The molecular formula is C24H23F3N2O3. The predicted octanol–water partition coefficient (Wildman–Crippen LogP) is 6.30. The number of allylic oxidation sites excluding steroid dienone is 1. The number of nitrogens with one attached hydrogen (secondary N) is 2. The number of aliphatic hydroxyl groups excluding tert-OH is 1. The highest BCUT2D eigenvalue weighted by molar-refractivity contribution is 6.02. The Balaban J connectivity index is 1.36. The maximum Gasteiger partial charge on any atom is 0.416 e. The second-order valence-corrected chi connectivity index (χ2v) is 8.05. The monoisotopic (exact) mass is 444 g/mol. The highest BCUT2D eigenvalue weighted by atomic mass is 19.4. The lowest BCUT2D eigenvalue weighted by molar-refractivity contribution is -0.137. The second-order valence-electron chi connectivity index (χ2n) is 8.05. The van der Waals surface area contributed by atoms with E-state index in [1.807, 2.05) is 18.2 Å².